The molecular formula is C14H12BrFN2O. The third-order valence-corrected chi connectivity index (χ3v) is 3.64. The van der Waals surface area contributed by atoms with Crippen LogP contribution in [-0.2, 0) is 0 Å². The highest BCUT2D eigenvalue weighted by atomic mass is 79.9. The third-order valence-electron chi connectivity index (χ3n) is 2.76. The number of hydrogen-bond donors (Lipinski definition) is 1. The van der Waals surface area contributed by atoms with Crippen molar-refractivity contribution < 1.29 is 9.18 Å². The topological polar surface area (TPSA) is 46.3 Å². The molecular weight excluding hydrogens is 311 g/mol. The first-order chi connectivity index (χ1) is 9.00. The minimum Gasteiger partial charge on any atom is -0.398 e. The summed E-state index contributed by atoms with van der Waals surface area (Å²) in [5.74, 6) is -0.645. The number of anilines is 2. The van der Waals surface area contributed by atoms with E-state index in [1.165, 1.54) is 17.0 Å². The highest BCUT2D eigenvalue weighted by Gasteiger charge is 2.17. The summed E-state index contributed by atoms with van der Waals surface area (Å²) >= 11 is 3.29. The van der Waals surface area contributed by atoms with Gasteiger partial charge in [0.15, 0.2) is 0 Å². The normalized spacial score (nSPS) is 10.3. The Morgan fingerprint density at radius 3 is 2.63 bits per heavy atom. The molecule has 3 nitrogen and oxygen atoms in total. The van der Waals surface area contributed by atoms with E-state index in [0.29, 0.717) is 21.4 Å². The molecule has 0 bridgehead atoms. The van der Waals surface area contributed by atoms with Crippen molar-refractivity contribution in [1.82, 2.24) is 0 Å². The highest BCUT2D eigenvalue weighted by Crippen LogP contribution is 2.26. The number of nitrogen functional groups attached to an aromatic ring is 1. The molecule has 5 heteroatoms. The van der Waals surface area contributed by atoms with Crippen molar-refractivity contribution in [2.75, 3.05) is 17.7 Å². The highest BCUT2D eigenvalue weighted by molar-refractivity contribution is 9.10. The Morgan fingerprint density at radius 1 is 1.26 bits per heavy atom. The van der Waals surface area contributed by atoms with Crippen LogP contribution >= 0.6 is 15.9 Å². The molecule has 0 unspecified atom stereocenters. The van der Waals surface area contributed by atoms with Crippen LogP contribution in [0, 0.1) is 5.82 Å². The lowest BCUT2D eigenvalue weighted by Crippen LogP contribution is -2.26. The summed E-state index contributed by atoms with van der Waals surface area (Å²) in [6, 6.07) is 10.9. The fourth-order valence-corrected chi connectivity index (χ4v) is 2.13. The van der Waals surface area contributed by atoms with Crippen LogP contribution in [0.3, 0.4) is 0 Å². The van der Waals surface area contributed by atoms with Gasteiger partial charge in [-0.1, -0.05) is 12.1 Å². The van der Waals surface area contributed by atoms with Gasteiger partial charge in [-0.05, 0) is 46.3 Å². The van der Waals surface area contributed by atoms with E-state index in [1.807, 2.05) is 0 Å². The van der Waals surface area contributed by atoms with Gasteiger partial charge in [0.05, 0.1) is 10.0 Å². The number of nitrogens with zero attached hydrogens (tertiary/aromatic N) is 1. The maximum Gasteiger partial charge on any atom is 0.259 e. The number of carbonyl (C=O) groups excluding carboxylic acids is 1. The predicted molar refractivity (Wildman–Crippen MR) is 77.7 cm³/mol. The molecule has 0 fully saturated rings. The van der Waals surface area contributed by atoms with Crippen LogP contribution in [0.4, 0.5) is 15.8 Å². The maximum atomic E-state index is 13.2. The van der Waals surface area contributed by atoms with Crippen molar-refractivity contribution in [1.29, 1.82) is 0 Å². The van der Waals surface area contributed by atoms with Crippen LogP contribution in [0.5, 0.6) is 0 Å². The van der Waals surface area contributed by atoms with E-state index < -0.39 is 0 Å². The van der Waals surface area contributed by atoms with E-state index >= 15 is 0 Å². The lowest BCUT2D eigenvalue weighted by molar-refractivity contribution is 0.0992. The van der Waals surface area contributed by atoms with Gasteiger partial charge in [-0.3, -0.25) is 4.79 Å². The Hall–Kier alpha value is -1.88. The molecule has 0 radical (unpaired) electrons. The van der Waals surface area contributed by atoms with Gasteiger partial charge in [0, 0.05) is 18.4 Å². The zero-order valence-electron chi connectivity index (χ0n) is 10.2. The molecule has 19 heavy (non-hydrogen) atoms. The monoisotopic (exact) mass is 322 g/mol. The lowest BCUT2D eigenvalue weighted by Gasteiger charge is -2.18. The fraction of sp³-hybridized carbons (Fsp3) is 0.0714. The van der Waals surface area contributed by atoms with Gasteiger partial charge in [0.25, 0.3) is 5.91 Å². The van der Waals surface area contributed by atoms with Gasteiger partial charge >= 0.3 is 0 Å². The first-order valence-electron chi connectivity index (χ1n) is 5.58. The van der Waals surface area contributed by atoms with Crippen molar-refractivity contribution in [3.8, 4) is 0 Å². The standard InChI is InChI=1S/C14H12BrFN2O/c1-18(10-5-2-4-9(16)8-10)14(19)11-6-3-7-12(17)13(11)15/h2-8H,17H2,1H3. The molecule has 98 valence electrons. The minimum absolute atomic E-state index is 0.259. The van der Waals surface area contributed by atoms with Gasteiger partial charge in [-0.2, -0.15) is 0 Å². The summed E-state index contributed by atoms with van der Waals surface area (Å²) in [5.41, 5.74) is 7.15. The fourth-order valence-electron chi connectivity index (χ4n) is 1.70. The molecule has 1 amide bonds. The summed E-state index contributed by atoms with van der Waals surface area (Å²) in [5, 5.41) is 0. The summed E-state index contributed by atoms with van der Waals surface area (Å²) in [6.45, 7) is 0. The molecule has 0 saturated heterocycles. The Balaban J connectivity index is 2.36. The second kappa shape index (κ2) is 5.40. The summed E-state index contributed by atoms with van der Waals surface area (Å²) in [6.07, 6.45) is 0. The predicted octanol–water partition coefficient (Wildman–Crippen LogP) is 3.45. The summed E-state index contributed by atoms with van der Waals surface area (Å²) in [4.78, 5) is 13.7. The molecule has 0 heterocycles. The molecule has 0 spiro atoms. The third kappa shape index (κ3) is 2.76. The average molecular weight is 323 g/mol. The second-order valence-electron chi connectivity index (χ2n) is 4.05. The van der Waals surface area contributed by atoms with Crippen LogP contribution in [0.15, 0.2) is 46.9 Å². The molecule has 2 N–H and O–H groups in total. The number of nitrogens with two attached hydrogens (primary N) is 1. The molecule has 2 aromatic carbocycles. The molecule has 2 aromatic rings. The first-order valence-corrected chi connectivity index (χ1v) is 6.37. The van der Waals surface area contributed by atoms with E-state index in [-0.39, 0.29) is 11.7 Å². The SMILES string of the molecule is CN(C(=O)c1cccc(N)c1Br)c1cccc(F)c1. The number of rotatable bonds is 2. The maximum absolute atomic E-state index is 13.2. The number of halogens is 2. The smallest absolute Gasteiger partial charge is 0.259 e. The van der Waals surface area contributed by atoms with E-state index in [9.17, 15) is 9.18 Å². The van der Waals surface area contributed by atoms with Gasteiger partial charge in [0.1, 0.15) is 5.82 Å². The van der Waals surface area contributed by atoms with Crippen molar-refractivity contribution in [3.63, 3.8) is 0 Å². The molecule has 0 aliphatic heterocycles. The van der Waals surface area contributed by atoms with Gasteiger partial charge in [-0.15, -0.1) is 0 Å². The average Bonchev–Trinajstić information content (AvgIpc) is 2.40. The van der Waals surface area contributed by atoms with E-state index in [1.54, 1.807) is 37.4 Å². The zero-order chi connectivity index (χ0) is 14.0. The second-order valence-corrected chi connectivity index (χ2v) is 4.85. The lowest BCUT2D eigenvalue weighted by atomic mass is 10.1. The molecule has 0 saturated carbocycles. The quantitative estimate of drug-likeness (QED) is 0.861. The van der Waals surface area contributed by atoms with Crippen molar-refractivity contribution in [2.45, 2.75) is 0 Å². The van der Waals surface area contributed by atoms with Gasteiger partial charge in [0.2, 0.25) is 0 Å². The van der Waals surface area contributed by atoms with Crippen molar-refractivity contribution in [3.05, 3.63) is 58.3 Å². The van der Waals surface area contributed by atoms with E-state index in [2.05, 4.69) is 15.9 Å². The first kappa shape index (κ1) is 13.5. The van der Waals surface area contributed by atoms with Gasteiger partial charge < -0.3 is 10.6 Å². The minimum atomic E-state index is -0.385. The van der Waals surface area contributed by atoms with Crippen LogP contribution in [0.25, 0.3) is 0 Å². The molecule has 2 rings (SSSR count). The number of amides is 1. The largest absolute Gasteiger partial charge is 0.398 e. The van der Waals surface area contributed by atoms with Crippen LogP contribution in [0.1, 0.15) is 10.4 Å². The molecule has 0 aliphatic carbocycles. The van der Waals surface area contributed by atoms with Crippen molar-refractivity contribution >= 4 is 33.2 Å². The number of hydrogen-bond acceptors (Lipinski definition) is 2. The van der Waals surface area contributed by atoms with Crippen LogP contribution < -0.4 is 10.6 Å². The Bertz CT molecular complexity index is 631. The molecule has 0 atom stereocenters. The van der Waals surface area contributed by atoms with Crippen LogP contribution in [-0.4, -0.2) is 13.0 Å². The number of benzene rings is 2. The van der Waals surface area contributed by atoms with E-state index in [0.717, 1.165) is 0 Å². The Labute approximate surface area is 119 Å². The molecule has 0 aliphatic rings. The van der Waals surface area contributed by atoms with Crippen LogP contribution in [0.2, 0.25) is 0 Å². The number of carbonyl (C=O) groups is 1. The Morgan fingerprint density at radius 2 is 1.95 bits per heavy atom. The van der Waals surface area contributed by atoms with Gasteiger partial charge in [-0.25, -0.2) is 4.39 Å². The van der Waals surface area contributed by atoms with Crippen molar-refractivity contribution in [2.24, 2.45) is 0 Å². The Kier molecular flexibility index (Phi) is 3.85. The zero-order valence-corrected chi connectivity index (χ0v) is 11.8. The summed E-state index contributed by atoms with van der Waals surface area (Å²) in [7, 11) is 1.59. The molecule has 0 aromatic heterocycles. The van der Waals surface area contributed by atoms with E-state index in [4.69, 9.17) is 5.73 Å². The summed E-state index contributed by atoms with van der Waals surface area (Å²) < 4.78 is 13.7.